The molecule has 1 saturated carbocycles. The number of carbonyl (C=O) groups is 1. The van der Waals surface area contributed by atoms with Gasteiger partial charge in [0.05, 0.1) is 5.69 Å². The number of carbonyl (C=O) groups excluding carboxylic acids is 1. The second-order valence-electron chi connectivity index (χ2n) is 7.19. The minimum absolute atomic E-state index is 0.0725. The van der Waals surface area contributed by atoms with E-state index in [4.69, 9.17) is 4.52 Å². The lowest BCUT2D eigenvalue weighted by atomic mass is 9.84. The van der Waals surface area contributed by atoms with Gasteiger partial charge < -0.3 is 14.7 Å². The predicted octanol–water partition coefficient (Wildman–Crippen LogP) is 3.94. The van der Waals surface area contributed by atoms with Crippen LogP contribution in [0.25, 0.3) is 0 Å². The third-order valence-electron chi connectivity index (χ3n) is 5.57. The molecule has 0 aromatic carbocycles. The van der Waals surface area contributed by atoms with Gasteiger partial charge in [-0.25, -0.2) is 4.79 Å². The van der Waals surface area contributed by atoms with E-state index in [0.29, 0.717) is 12.6 Å². The molecule has 2 amide bonds. The van der Waals surface area contributed by atoms with E-state index in [2.05, 4.69) is 15.4 Å². The average Bonchev–Trinajstić information content (AvgIpc) is 3.14. The summed E-state index contributed by atoms with van der Waals surface area (Å²) in [6.07, 6.45) is 10.3. The Morgan fingerprint density at radius 2 is 2.00 bits per heavy atom. The number of likely N-dealkylation sites (tertiary alicyclic amines) is 1. The minimum atomic E-state index is 0.0725. The maximum atomic E-state index is 12.6. The molecule has 1 aromatic rings. The first-order valence-electron chi connectivity index (χ1n) is 9.11. The van der Waals surface area contributed by atoms with Gasteiger partial charge in [-0.15, -0.1) is 0 Å². The zero-order valence-corrected chi connectivity index (χ0v) is 14.4. The molecule has 0 radical (unpaired) electrons. The van der Waals surface area contributed by atoms with Gasteiger partial charge in [0.15, 0.2) is 0 Å². The van der Waals surface area contributed by atoms with Crippen molar-refractivity contribution < 1.29 is 9.32 Å². The zero-order valence-electron chi connectivity index (χ0n) is 14.4. The Balaban J connectivity index is 1.53. The van der Waals surface area contributed by atoms with E-state index in [-0.39, 0.29) is 6.03 Å². The van der Waals surface area contributed by atoms with Crippen LogP contribution < -0.4 is 5.32 Å². The Bertz CT molecular complexity index is 515. The van der Waals surface area contributed by atoms with Crippen molar-refractivity contribution in [3.63, 3.8) is 0 Å². The minimum Gasteiger partial charge on any atom is -0.361 e. The van der Waals surface area contributed by atoms with E-state index in [9.17, 15) is 4.79 Å². The number of hydrogen-bond acceptors (Lipinski definition) is 3. The van der Waals surface area contributed by atoms with Crippen LogP contribution in [-0.4, -0.2) is 28.7 Å². The number of nitrogens with zero attached hydrogens (tertiary/aromatic N) is 2. The van der Waals surface area contributed by atoms with Crippen LogP contribution in [0.3, 0.4) is 0 Å². The van der Waals surface area contributed by atoms with Crippen LogP contribution in [0.1, 0.15) is 68.4 Å². The lowest BCUT2D eigenvalue weighted by Gasteiger charge is -2.30. The fourth-order valence-electron chi connectivity index (χ4n) is 4.18. The first-order valence-corrected chi connectivity index (χ1v) is 9.11. The maximum absolute atomic E-state index is 12.6. The van der Waals surface area contributed by atoms with E-state index < -0.39 is 0 Å². The summed E-state index contributed by atoms with van der Waals surface area (Å²) in [7, 11) is 0. The third kappa shape index (κ3) is 3.88. The first-order chi connectivity index (χ1) is 11.1. The van der Waals surface area contributed by atoms with Gasteiger partial charge in [-0.1, -0.05) is 37.3 Å². The summed E-state index contributed by atoms with van der Waals surface area (Å²) in [6.45, 7) is 5.21. The Kier molecular flexibility index (Phi) is 5.23. The van der Waals surface area contributed by atoms with Gasteiger partial charge >= 0.3 is 6.03 Å². The van der Waals surface area contributed by atoms with Gasteiger partial charge in [0.2, 0.25) is 0 Å². The number of nitrogens with one attached hydrogen (secondary N) is 1. The van der Waals surface area contributed by atoms with E-state index in [0.717, 1.165) is 42.3 Å². The van der Waals surface area contributed by atoms with Crippen LogP contribution in [0.4, 0.5) is 4.79 Å². The Morgan fingerprint density at radius 1 is 1.22 bits per heavy atom. The highest BCUT2D eigenvalue weighted by Crippen LogP contribution is 2.32. The Labute approximate surface area is 138 Å². The molecule has 1 aliphatic carbocycles. The number of amides is 2. The number of urea groups is 1. The van der Waals surface area contributed by atoms with Gasteiger partial charge in [0, 0.05) is 24.7 Å². The highest BCUT2D eigenvalue weighted by atomic mass is 16.5. The molecule has 1 unspecified atom stereocenters. The molecule has 128 valence electrons. The number of aromatic nitrogens is 1. The molecule has 5 nitrogen and oxygen atoms in total. The molecule has 0 bridgehead atoms. The third-order valence-corrected chi connectivity index (χ3v) is 5.57. The molecular weight excluding hydrogens is 290 g/mol. The van der Waals surface area contributed by atoms with E-state index in [1.807, 2.05) is 13.8 Å². The molecule has 1 saturated heterocycles. The monoisotopic (exact) mass is 319 g/mol. The molecule has 2 fully saturated rings. The molecule has 3 rings (SSSR count). The van der Waals surface area contributed by atoms with Crippen molar-refractivity contribution in [2.24, 2.45) is 5.92 Å². The second kappa shape index (κ2) is 7.37. The first kappa shape index (κ1) is 16.3. The molecule has 1 N–H and O–H groups in total. The molecule has 1 atom stereocenters. The van der Waals surface area contributed by atoms with Crippen LogP contribution in [0.2, 0.25) is 0 Å². The summed E-state index contributed by atoms with van der Waals surface area (Å²) < 4.78 is 5.16. The summed E-state index contributed by atoms with van der Waals surface area (Å²) in [6, 6.07) is 0.506. The highest BCUT2D eigenvalue weighted by Gasteiger charge is 2.31. The summed E-state index contributed by atoms with van der Waals surface area (Å²) >= 11 is 0. The lowest BCUT2D eigenvalue weighted by molar-refractivity contribution is 0.177. The second-order valence-corrected chi connectivity index (χ2v) is 7.19. The fraction of sp³-hybridized carbons (Fsp3) is 0.778. The van der Waals surface area contributed by atoms with Crippen LogP contribution in [0.15, 0.2) is 4.52 Å². The average molecular weight is 319 g/mol. The predicted molar refractivity (Wildman–Crippen MR) is 89.1 cm³/mol. The summed E-state index contributed by atoms with van der Waals surface area (Å²) in [5, 5.41) is 7.01. The van der Waals surface area contributed by atoms with Crippen molar-refractivity contribution >= 4 is 6.03 Å². The molecule has 1 aromatic heterocycles. The standard InChI is InChI=1S/C18H29N3O2/c1-13-17(14(2)23-20-13)12-19-18(22)21-10-6-9-16(21)11-15-7-4-3-5-8-15/h15-16H,3-12H2,1-2H3,(H,19,22). The van der Waals surface area contributed by atoms with Crippen molar-refractivity contribution in [1.29, 1.82) is 0 Å². The normalized spacial score (nSPS) is 22.5. The molecule has 0 spiro atoms. The van der Waals surface area contributed by atoms with Crippen molar-refractivity contribution in [2.45, 2.75) is 77.8 Å². The smallest absolute Gasteiger partial charge is 0.317 e. The van der Waals surface area contributed by atoms with Crippen molar-refractivity contribution in [1.82, 2.24) is 15.4 Å². The van der Waals surface area contributed by atoms with Gasteiger partial charge in [0.25, 0.3) is 0 Å². The number of rotatable bonds is 4. The molecule has 5 heteroatoms. The quantitative estimate of drug-likeness (QED) is 0.914. The van der Waals surface area contributed by atoms with Crippen LogP contribution >= 0.6 is 0 Å². The molecule has 2 aliphatic rings. The van der Waals surface area contributed by atoms with Gasteiger partial charge in [-0.3, -0.25) is 0 Å². The van der Waals surface area contributed by atoms with Crippen molar-refractivity contribution in [3.8, 4) is 0 Å². The van der Waals surface area contributed by atoms with Crippen molar-refractivity contribution in [2.75, 3.05) is 6.54 Å². The highest BCUT2D eigenvalue weighted by molar-refractivity contribution is 5.74. The van der Waals surface area contributed by atoms with Gasteiger partial charge in [-0.05, 0) is 39.0 Å². The fourth-order valence-corrected chi connectivity index (χ4v) is 4.18. The van der Waals surface area contributed by atoms with E-state index >= 15 is 0 Å². The van der Waals surface area contributed by atoms with Gasteiger partial charge in [0.1, 0.15) is 5.76 Å². The Hall–Kier alpha value is -1.52. The zero-order chi connectivity index (χ0) is 16.2. The summed E-state index contributed by atoms with van der Waals surface area (Å²) in [5.41, 5.74) is 1.87. The Morgan fingerprint density at radius 3 is 2.70 bits per heavy atom. The van der Waals surface area contributed by atoms with E-state index in [1.165, 1.54) is 38.5 Å². The number of aryl methyl sites for hydroxylation is 2. The number of hydrogen-bond donors (Lipinski definition) is 1. The lowest BCUT2D eigenvalue weighted by Crippen LogP contribution is -2.43. The van der Waals surface area contributed by atoms with Gasteiger partial charge in [-0.2, -0.15) is 0 Å². The SMILES string of the molecule is Cc1noc(C)c1CNC(=O)N1CCCC1CC1CCCCC1. The maximum Gasteiger partial charge on any atom is 0.317 e. The molecular formula is C18H29N3O2. The van der Waals surface area contributed by atoms with Crippen LogP contribution in [0.5, 0.6) is 0 Å². The van der Waals surface area contributed by atoms with Crippen LogP contribution in [0, 0.1) is 19.8 Å². The molecule has 23 heavy (non-hydrogen) atoms. The van der Waals surface area contributed by atoms with Crippen LogP contribution in [-0.2, 0) is 6.54 Å². The summed E-state index contributed by atoms with van der Waals surface area (Å²) in [5.74, 6) is 1.62. The van der Waals surface area contributed by atoms with Crippen molar-refractivity contribution in [3.05, 3.63) is 17.0 Å². The largest absolute Gasteiger partial charge is 0.361 e. The van der Waals surface area contributed by atoms with E-state index in [1.54, 1.807) is 0 Å². The molecule has 2 heterocycles. The topological polar surface area (TPSA) is 58.4 Å². The molecule has 1 aliphatic heterocycles. The summed E-state index contributed by atoms with van der Waals surface area (Å²) in [4.78, 5) is 14.6.